The van der Waals surface area contributed by atoms with E-state index in [2.05, 4.69) is 5.32 Å². The zero-order valence-corrected chi connectivity index (χ0v) is 10.6. The molecule has 0 radical (unpaired) electrons. The first kappa shape index (κ1) is 14.8. The smallest absolute Gasteiger partial charge is 0.340 e. The van der Waals surface area contributed by atoms with Crippen molar-refractivity contribution in [2.45, 2.75) is 51.4 Å². The molecule has 0 aromatic carbocycles. The maximum absolute atomic E-state index is 12.5. The van der Waals surface area contributed by atoms with Gasteiger partial charge in [0.15, 0.2) is 0 Å². The van der Waals surface area contributed by atoms with Crippen LogP contribution in [0, 0.1) is 0 Å². The minimum Gasteiger partial charge on any atom is -0.340 e. The second-order valence-corrected chi connectivity index (χ2v) is 4.97. The summed E-state index contributed by atoms with van der Waals surface area (Å²) in [6.07, 6.45) is -3.75. The van der Waals surface area contributed by atoms with E-state index in [0.717, 1.165) is 0 Å². The average molecular weight is 266 g/mol. The lowest BCUT2D eigenvalue weighted by Crippen LogP contribution is -2.69. The topological polar surface area (TPSA) is 49.4 Å². The van der Waals surface area contributed by atoms with Crippen molar-refractivity contribution in [1.29, 1.82) is 0 Å². The van der Waals surface area contributed by atoms with Gasteiger partial charge in [0.25, 0.3) is 0 Å². The largest absolute Gasteiger partial charge is 0.406 e. The zero-order valence-electron chi connectivity index (χ0n) is 10.6. The van der Waals surface area contributed by atoms with Gasteiger partial charge >= 0.3 is 6.18 Å². The number of rotatable bonds is 3. The van der Waals surface area contributed by atoms with Gasteiger partial charge in [0.1, 0.15) is 18.1 Å². The molecule has 1 N–H and O–H groups in total. The van der Waals surface area contributed by atoms with Crippen LogP contribution in [0.4, 0.5) is 13.2 Å². The summed E-state index contributed by atoms with van der Waals surface area (Å²) in [7, 11) is 0. The molecule has 1 aliphatic heterocycles. The predicted octanol–water partition coefficient (Wildman–Crippen LogP) is 1.45. The van der Waals surface area contributed by atoms with E-state index < -0.39 is 36.1 Å². The van der Waals surface area contributed by atoms with E-state index in [4.69, 9.17) is 0 Å². The Kier molecular flexibility index (Phi) is 3.92. The number of carbonyl (C=O) groups excluding carboxylic acids is 2. The Balaban J connectivity index is 3.02. The first-order chi connectivity index (χ1) is 8.08. The van der Waals surface area contributed by atoms with Gasteiger partial charge in [0, 0.05) is 0 Å². The highest BCUT2D eigenvalue weighted by molar-refractivity contribution is 5.99. The molecule has 0 aromatic heterocycles. The molecule has 104 valence electrons. The van der Waals surface area contributed by atoms with Gasteiger partial charge in [-0.2, -0.15) is 13.2 Å². The zero-order chi connectivity index (χ0) is 14.1. The summed E-state index contributed by atoms with van der Waals surface area (Å²) < 4.78 is 37.4. The normalized spacial score (nSPS) is 24.1. The van der Waals surface area contributed by atoms with E-state index >= 15 is 0 Å². The summed E-state index contributed by atoms with van der Waals surface area (Å²) in [4.78, 5) is 24.4. The van der Waals surface area contributed by atoms with Crippen LogP contribution in [0.25, 0.3) is 0 Å². The standard InChI is InChI=1S/C11H17F3N2O2/c1-4-5-7-8(17)15-10(2,3)9(18)16(7)6-11(12,13)14/h7H,4-6H2,1-3H3,(H,15,17). The van der Waals surface area contributed by atoms with Gasteiger partial charge in [0.05, 0.1) is 0 Å². The molecule has 2 amide bonds. The molecule has 1 rings (SSSR count). The third-order valence-electron chi connectivity index (χ3n) is 2.82. The number of hydrogen-bond acceptors (Lipinski definition) is 2. The van der Waals surface area contributed by atoms with Crippen molar-refractivity contribution in [3.63, 3.8) is 0 Å². The Morgan fingerprint density at radius 3 is 2.33 bits per heavy atom. The fourth-order valence-electron chi connectivity index (χ4n) is 2.02. The van der Waals surface area contributed by atoms with E-state index in [1.807, 2.05) is 0 Å². The molecule has 0 aromatic rings. The molecule has 1 unspecified atom stereocenters. The molecule has 0 saturated carbocycles. The van der Waals surface area contributed by atoms with E-state index in [0.29, 0.717) is 11.3 Å². The van der Waals surface area contributed by atoms with Crippen LogP contribution in [0.5, 0.6) is 0 Å². The number of nitrogens with one attached hydrogen (secondary N) is 1. The molecule has 4 nitrogen and oxygen atoms in total. The Hall–Kier alpha value is -1.27. The molecule has 7 heteroatoms. The number of nitrogens with zero attached hydrogens (tertiary/aromatic N) is 1. The van der Waals surface area contributed by atoms with E-state index in [9.17, 15) is 22.8 Å². The van der Waals surface area contributed by atoms with Crippen LogP contribution < -0.4 is 5.32 Å². The SMILES string of the molecule is CCCC1C(=O)NC(C)(C)C(=O)N1CC(F)(F)F. The molecule has 1 saturated heterocycles. The lowest BCUT2D eigenvalue weighted by molar-refractivity contribution is -0.177. The third-order valence-corrected chi connectivity index (χ3v) is 2.82. The van der Waals surface area contributed by atoms with Gasteiger partial charge in [-0.3, -0.25) is 9.59 Å². The average Bonchev–Trinajstić information content (AvgIpc) is 2.18. The number of amides is 2. The van der Waals surface area contributed by atoms with E-state index in [-0.39, 0.29) is 6.42 Å². The highest BCUT2D eigenvalue weighted by atomic mass is 19.4. The highest BCUT2D eigenvalue weighted by Crippen LogP contribution is 2.25. The molecule has 1 heterocycles. The molecule has 18 heavy (non-hydrogen) atoms. The van der Waals surface area contributed by atoms with Gasteiger partial charge in [-0.15, -0.1) is 0 Å². The monoisotopic (exact) mass is 266 g/mol. The molecular weight excluding hydrogens is 249 g/mol. The van der Waals surface area contributed by atoms with Crippen LogP contribution in [0.3, 0.4) is 0 Å². The Labute approximate surface area is 104 Å². The number of alkyl halides is 3. The minimum atomic E-state index is -4.50. The first-order valence-corrected chi connectivity index (χ1v) is 5.78. The predicted molar refractivity (Wildman–Crippen MR) is 58.7 cm³/mol. The maximum atomic E-state index is 12.5. The van der Waals surface area contributed by atoms with Gasteiger partial charge in [-0.1, -0.05) is 13.3 Å². The van der Waals surface area contributed by atoms with Gasteiger partial charge in [0.2, 0.25) is 11.8 Å². The van der Waals surface area contributed by atoms with Crippen LogP contribution >= 0.6 is 0 Å². The van der Waals surface area contributed by atoms with Crippen molar-refractivity contribution in [2.75, 3.05) is 6.54 Å². The number of piperazine rings is 1. The summed E-state index contributed by atoms with van der Waals surface area (Å²) in [6.45, 7) is 3.17. The second kappa shape index (κ2) is 4.78. The summed E-state index contributed by atoms with van der Waals surface area (Å²) >= 11 is 0. The fraction of sp³-hybridized carbons (Fsp3) is 0.818. The van der Waals surface area contributed by atoms with Crippen LogP contribution in [-0.2, 0) is 9.59 Å². The van der Waals surface area contributed by atoms with Crippen LogP contribution in [0.2, 0.25) is 0 Å². The lowest BCUT2D eigenvalue weighted by Gasteiger charge is -2.43. The lowest BCUT2D eigenvalue weighted by atomic mass is 9.95. The van der Waals surface area contributed by atoms with E-state index in [1.165, 1.54) is 13.8 Å². The summed E-state index contributed by atoms with van der Waals surface area (Å²) in [6, 6.07) is -1.03. The molecule has 1 fully saturated rings. The summed E-state index contributed by atoms with van der Waals surface area (Å²) in [5.74, 6) is -1.22. The Morgan fingerprint density at radius 1 is 1.33 bits per heavy atom. The van der Waals surface area contributed by atoms with Crippen molar-refractivity contribution in [3.05, 3.63) is 0 Å². The van der Waals surface area contributed by atoms with Gasteiger partial charge < -0.3 is 10.2 Å². The van der Waals surface area contributed by atoms with Crippen molar-refractivity contribution in [2.24, 2.45) is 0 Å². The van der Waals surface area contributed by atoms with Crippen molar-refractivity contribution < 1.29 is 22.8 Å². The van der Waals surface area contributed by atoms with Crippen LogP contribution in [-0.4, -0.2) is 41.0 Å². The number of carbonyl (C=O) groups is 2. The Bertz CT molecular complexity index is 353. The molecule has 1 aliphatic rings. The Morgan fingerprint density at radius 2 is 1.89 bits per heavy atom. The van der Waals surface area contributed by atoms with Crippen molar-refractivity contribution >= 4 is 11.8 Å². The van der Waals surface area contributed by atoms with E-state index in [1.54, 1.807) is 6.92 Å². The second-order valence-electron chi connectivity index (χ2n) is 4.97. The quantitative estimate of drug-likeness (QED) is 0.840. The maximum Gasteiger partial charge on any atom is 0.406 e. The number of hydrogen-bond donors (Lipinski definition) is 1. The summed E-state index contributed by atoms with van der Waals surface area (Å²) in [5.41, 5.74) is -1.29. The minimum absolute atomic E-state index is 0.226. The molecule has 1 atom stereocenters. The molecule has 0 spiro atoms. The van der Waals surface area contributed by atoms with Gasteiger partial charge in [-0.05, 0) is 20.3 Å². The highest BCUT2D eigenvalue weighted by Gasteiger charge is 2.48. The first-order valence-electron chi connectivity index (χ1n) is 5.78. The van der Waals surface area contributed by atoms with Gasteiger partial charge in [-0.25, -0.2) is 0 Å². The fourth-order valence-corrected chi connectivity index (χ4v) is 2.02. The van der Waals surface area contributed by atoms with Crippen molar-refractivity contribution in [1.82, 2.24) is 10.2 Å². The molecule has 0 bridgehead atoms. The third kappa shape index (κ3) is 3.14. The van der Waals surface area contributed by atoms with Crippen molar-refractivity contribution in [3.8, 4) is 0 Å². The molecule has 0 aliphatic carbocycles. The van der Waals surface area contributed by atoms with Crippen LogP contribution in [0.15, 0.2) is 0 Å². The number of halogens is 3. The molecular formula is C11H17F3N2O2. The van der Waals surface area contributed by atoms with Crippen LogP contribution in [0.1, 0.15) is 33.6 Å². The summed E-state index contributed by atoms with van der Waals surface area (Å²) in [5, 5.41) is 2.46.